The van der Waals surface area contributed by atoms with Crippen LogP contribution in [0.5, 0.6) is 5.75 Å². The third-order valence-corrected chi connectivity index (χ3v) is 7.27. The molecular weight excluding hydrogens is 546 g/mol. The molecule has 2 aromatic carbocycles. The molecule has 0 radical (unpaired) electrons. The summed E-state index contributed by atoms with van der Waals surface area (Å²) in [5.41, 5.74) is 3.77. The first-order valence-electron chi connectivity index (χ1n) is 12.3. The smallest absolute Gasteiger partial charge is 0.277 e. The van der Waals surface area contributed by atoms with Crippen LogP contribution in [0, 0.1) is 25.6 Å². The predicted octanol–water partition coefficient (Wildman–Crippen LogP) is 5.93. The topological polar surface area (TPSA) is 96.1 Å². The fourth-order valence-electron chi connectivity index (χ4n) is 4.14. The zero-order valence-electron chi connectivity index (χ0n) is 21.4. The fourth-order valence-corrected chi connectivity index (χ4v) is 4.79. The van der Waals surface area contributed by atoms with Gasteiger partial charge in [-0.05, 0) is 73.5 Å². The Kier molecular flexibility index (Phi) is 9.42. The first-order chi connectivity index (χ1) is 18.7. The number of benzene rings is 2. The number of nitrogens with one attached hydrogen (secondary N) is 3. The molecule has 0 saturated carbocycles. The normalized spacial score (nSPS) is 11.0. The molecule has 2 amide bonds. The average molecular weight is 573 g/mol. The Balaban J connectivity index is 1.31. The number of aromatic nitrogens is 2. The van der Waals surface area contributed by atoms with Gasteiger partial charge in [0.15, 0.2) is 0 Å². The molecule has 39 heavy (non-hydrogen) atoms. The van der Waals surface area contributed by atoms with Crippen LogP contribution in [0.25, 0.3) is 10.9 Å². The quantitative estimate of drug-likeness (QED) is 0.118. The molecule has 0 saturated heterocycles. The molecule has 4 rings (SSSR count). The molecule has 0 fully saturated rings. The molecule has 4 aromatic rings. The monoisotopic (exact) mass is 572 g/mol. The second-order valence-corrected chi connectivity index (χ2v) is 10.2. The number of pyridine rings is 1. The number of amides is 2. The first kappa shape index (κ1) is 28.4. The lowest BCUT2D eigenvalue weighted by Crippen LogP contribution is -2.28. The van der Waals surface area contributed by atoms with E-state index in [1.54, 1.807) is 0 Å². The average Bonchev–Trinajstić information content (AvgIpc) is 3.27. The summed E-state index contributed by atoms with van der Waals surface area (Å²) in [5.74, 6) is -1.87. The maximum Gasteiger partial charge on any atom is 0.277 e. The zero-order valence-corrected chi connectivity index (χ0v) is 22.9. The minimum Gasteiger partial charge on any atom is -0.494 e. The van der Waals surface area contributed by atoms with Crippen LogP contribution in [-0.2, 0) is 6.42 Å². The second-order valence-electron chi connectivity index (χ2n) is 8.88. The molecule has 0 aliphatic heterocycles. The summed E-state index contributed by atoms with van der Waals surface area (Å²) in [5, 5.41) is 4.22. The number of nitrogens with zero attached hydrogens (tertiary/aromatic N) is 1. The van der Waals surface area contributed by atoms with Gasteiger partial charge in [-0.2, -0.15) is 4.39 Å². The lowest BCUT2D eigenvalue weighted by Gasteiger charge is -2.10. The van der Waals surface area contributed by atoms with Gasteiger partial charge in [0, 0.05) is 40.4 Å². The maximum absolute atomic E-state index is 13.3. The fraction of sp³-hybridized carbons (Fsp3) is 0.250. The van der Waals surface area contributed by atoms with Gasteiger partial charge in [0.05, 0.1) is 6.61 Å². The highest BCUT2D eigenvalue weighted by Gasteiger charge is 2.18. The van der Waals surface area contributed by atoms with Crippen LogP contribution >= 0.6 is 23.5 Å². The number of carbonyl (C=O) groups excluding carboxylic acids is 2. The van der Waals surface area contributed by atoms with Crippen molar-refractivity contribution in [3.05, 3.63) is 93.4 Å². The molecule has 2 aromatic heterocycles. The predicted molar refractivity (Wildman–Crippen MR) is 149 cm³/mol. The van der Waals surface area contributed by atoms with E-state index in [1.807, 2.05) is 50.2 Å². The number of fused-ring (bicyclic) bond motifs is 1. The van der Waals surface area contributed by atoms with Crippen molar-refractivity contribution in [1.82, 2.24) is 20.0 Å². The zero-order chi connectivity index (χ0) is 27.9. The van der Waals surface area contributed by atoms with E-state index in [9.17, 15) is 18.4 Å². The molecule has 0 aliphatic carbocycles. The van der Waals surface area contributed by atoms with Crippen LogP contribution in [0.15, 0.2) is 48.5 Å². The summed E-state index contributed by atoms with van der Waals surface area (Å²) in [4.78, 5) is 31.6. The van der Waals surface area contributed by atoms with Crippen molar-refractivity contribution in [2.24, 2.45) is 0 Å². The van der Waals surface area contributed by atoms with Crippen molar-refractivity contribution in [1.29, 1.82) is 0 Å². The Morgan fingerprint density at radius 1 is 1.08 bits per heavy atom. The minimum atomic E-state index is -1.07. The SMILES string of the molecule is Cc1cc(OCCCc2c(C(=O)NSCCNC(=O)c3cc(F)cc(F)n3)[nH]c3ccccc23)cc(C)c1Cl. The van der Waals surface area contributed by atoms with E-state index in [4.69, 9.17) is 16.3 Å². The Morgan fingerprint density at radius 2 is 1.82 bits per heavy atom. The molecule has 0 unspecified atom stereocenters. The standard InChI is InChI=1S/C28H27ClF2N4O3S/c1-16-12-19(13-17(2)25(16)29)38-10-5-7-21-20-6-3-4-8-22(20)34-26(21)28(37)35-39-11-9-32-27(36)23-14-18(30)15-24(31)33-23/h3-4,6,8,12-15,34H,5,7,9-11H2,1-2H3,(H,32,36)(H,35,37). The molecule has 2 heterocycles. The van der Waals surface area contributed by atoms with Gasteiger partial charge in [-0.15, -0.1) is 0 Å². The lowest BCUT2D eigenvalue weighted by molar-refractivity contribution is 0.0948. The van der Waals surface area contributed by atoms with Crippen molar-refractivity contribution >= 4 is 46.3 Å². The van der Waals surface area contributed by atoms with E-state index < -0.39 is 17.7 Å². The van der Waals surface area contributed by atoms with Crippen LogP contribution in [0.2, 0.25) is 5.02 Å². The summed E-state index contributed by atoms with van der Waals surface area (Å²) in [6.45, 7) is 4.51. The molecule has 0 aliphatic rings. The number of hydrogen-bond donors (Lipinski definition) is 3. The van der Waals surface area contributed by atoms with E-state index in [-0.39, 0.29) is 18.1 Å². The van der Waals surface area contributed by atoms with Gasteiger partial charge < -0.3 is 15.0 Å². The van der Waals surface area contributed by atoms with Gasteiger partial charge in [-0.1, -0.05) is 29.8 Å². The summed E-state index contributed by atoms with van der Waals surface area (Å²) in [6.07, 6.45) is 1.31. The summed E-state index contributed by atoms with van der Waals surface area (Å²) < 4.78 is 35.2. The number of halogens is 3. The van der Waals surface area contributed by atoms with Crippen LogP contribution in [-0.4, -0.2) is 40.7 Å². The highest BCUT2D eigenvalue weighted by Crippen LogP contribution is 2.27. The number of rotatable bonds is 11. The maximum atomic E-state index is 13.3. The number of aryl methyl sites for hydroxylation is 3. The van der Waals surface area contributed by atoms with Crippen LogP contribution < -0.4 is 14.8 Å². The van der Waals surface area contributed by atoms with Crippen molar-refractivity contribution in [3.8, 4) is 5.75 Å². The van der Waals surface area contributed by atoms with Gasteiger partial charge in [0.1, 0.15) is 23.0 Å². The summed E-state index contributed by atoms with van der Waals surface area (Å²) >= 11 is 7.35. The van der Waals surface area contributed by atoms with E-state index in [0.717, 1.165) is 56.4 Å². The highest BCUT2D eigenvalue weighted by atomic mass is 35.5. The number of ether oxygens (including phenoxy) is 1. The van der Waals surface area contributed by atoms with E-state index in [1.165, 1.54) is 0 Å². The summed E-state index contributed by atoms with van der Waals surface area (Å²) in [7, 11) is 0. The third kappa shape index (κ3) is 7.27. The van der Waals surface area contributed by atoms with Crippen molar-refractivity contribution in [3.63, 3.8) is 0 Å². The lowest BCUT2D eigenvalue weighted by atomic mass is 10.1. The Morgan fingerprint density at radius 3 is 2.56 bits per heavy atom. The number of para-hydroxylation sites is 1. The van der Waals surface area contributed by atoms with Gasteiger partial charge in [-0.3, -0.25) is 14.3 Å². The Hall–Kier alpha value is -3.63. The molecule has 0 spiro atoms. The van der Waals surface area contributed by atoms with Crippen molar-refractivity contribution < 1.29 is 23.1 Å². The van der Waals surface area contributed by atoms with E-state index in [0.29, 0.717) is 37.0 Å². The minimum absolute atomic E-state index is 0.157. The second kappa shape index (κ2) is 12.9. The van der Waals surface area contributed by atoms with Gasteiger partial charge in [-0.25, -0.2) is 9.37 Å². The Labute approximate surface area is 233 Å². The third-order valence-electron chi connectivity index (χ3n) is 5.94. The number of aromatic amines is 1. The van der Waals surface area contributed by atoms with Crippen LogP contribution in [0.4, 0.5) is 8.78 Å². The number of H-pyrrole nitrogens is 1. The summed E-state index contributed by atoms with van der Waals surface area (Å²) in [6, 6.07) is 13.0. The number of carbonyl (C=O) groups is 2. The molecule has 3 N–H and O–H groups in total. The Bertz CT molecular complexity index is 1470. The van der Waals surface area contributed by atoms with E-state index >= 15 is 0 Å². The van der Waals surface area contributed by atoms with Crippen molar-refractivity contribution in [2.45, 2.75) is 26.7 Å². The first-order valence-corrected chi connectivity index (χ1v) is 13.6. The van der Waals surface area contributed by atoms with Gasteiger partial charge >= 0.3 is 0 Å². The van der Waals surface area contributed by atoms with Crippen LogP contribution in [0.1, 0.15) is 44.1 Å². The number of hydrogen-bond acceptors (Lipinski definition) is 5. The van der Waals surface area contributed by atoms with Gasteiger partial charge in [0.2, 0.25) is 5.95 Å². The molecule has 11 heteroatoms. The molecule has 7 nitrogen and oxygen atoms in total. The molecular formula is C28H27ClF2N4O3S. The van der Waals surface area contributed by atoms with Crippen LogP contribution in [0.3, 0.4) is 0 Å². The highest BCUT2D eigenvalue weighted by molar-refractivity contribution is 7.97. The largest absolute Gasteiger partial charge is 0.494 e. The van der Waals surface area contributed by atoms with Gasteiger partial charge in [0.25, 0.3) is 11.8 Å². The van der Waals surface area contributed by atoms with Crippen molar-refractivity contribution in [2.75, 3.05) is 18.9 Å². The molecule has 204 valence electrons. The molecule has 0 bridgehead atoms. The molecule has 0 atom stereocenters. The van der Waals surface area contributed by atoms with E-state index in [2.05, 4.69) is 20.0 Å².